The van der Waals surface area contributed by atoms with Crippen molar-refractivity contribution in [3.8, 4) is 5.82 Å². The SMILES string of the molecule is Cc1ccc(-n2nc(NC3CC3)nc2N)nn1. The highest BCUT2D eigenvalue weighted by molar-refractivity contribution is 5.39. The summed E-state index contributed by atoms with van der Waals surface area (Å²) in [6.07, 6.45) is 2.33. The smallest absolute Gasteiger partial charge is 0.244 e. The van der Waals surface area contributed by atoms with Crippen molar-refractivity contribution in [3.05, 3.63) is 17.8 Å². The van der Waals surface area contributed by atoms with Gasteiger partial charge in [-0.1, -0.05) is 0 Å². The minimum absolute atomic E-state index is 0.311. The number of aromatic nitrogens is 5. The van der Waals surface area contributed by atoms with E-state index in [4.69, 9.17) is 5.73 Å². The Bertz CT molecular complexity index is 526. The van der Waals surface area contributed by atoms with Crippen LogP contribution in [0, 0.1) is 6.92 Å². The van der Waals surface area contributed by atoms with Crippen molar-refractivity contribution >= 4 is 11.9 Å². The van der Waals surface area contributed by atoms with E-state index in [2.05, 4.69) is 25.6 Å². The normalized spacial score (nSPS) is 14.9. The second-order valence-corrected chi connectivity index (χ2v) is 4.16. The Hall–Kier alpha value is -2.18. The standard InChI is InChI=1S/C10H13N7/c1-6-2-5-8(15-14-6)17-9(11)13-10(16-17)12-7-3-4-7/h2,5,7H,3-4H2,1H3,(H3,11,12,13,16). The second-order valence-electron chi connectivity index (χ2n) is 4.16. The molecule has 0 bridgehead atoms. The third-order valence-corrected chi connectivity index (χ3v) is 2.54. The summed E-state index contributed by atoms with van der Waals surface area (Å²) < 4.78 is 1.48. The first-order chi connectivity index (χ1) is 8.22. The molecule has 1 aliphatic carbocycles. The molecule has 1 aliphatic rings. The van der Waals surface area contributed by atoms with Gasteiger partial charge in [0.25, 0.3) is 0 Å². The van der Waals surface area contributed by atoms with Crippen molar-refractivity contribution in [1.29, 1.82) is 0 Å². The van der Waals surface area contributed by atoms with E-state index < -0.39 is 0 Å². The molecule has 7 nitrogen and oxygen atoms in total. The van der Waals surface area contributed by atoms with E-state index in [-0.39, 0.29) is 0 Å². The summed E-state index contributed by atoms with van der Waals surface area (Å²) >= 11 is 0. The Balaban J connectivity index is 1.90. The van der Waals surface area contributed by atoms with E-state index >= 15 is 0 Å². The molecule has 0 spiro atoms. The fourth-order valence-corrected chi connectivity index (χ4v) is 1.47. The molecule has 17 heavy (non-hydrogen) atoms. The van der Waals surface area contributed by atoms with E-state index in [0.717, 1.165) is 5.69 Å². The van der Waals surface area contributed by atoms with Crippen LogP contribution in [-0.2, 0) is 0 Å². The van der Waals surface area contributed by atoms with Gasteiger partial charge in [-0.05, 0) is 31.9 Å². The Labute approximate surface area is 98.1 Å². The maximum absolute atomic E-state index is 5.79. The van der Waals surface area contributed by atoms with Gasteiger partial charge in [0.05, 0.1) is 5.69 Å². The number of nitrogens with zero attached hydrogens (tertiary/aromatic N) is 5. The van der Waals surface area contributed by atoms with Gasteiger partial charge in [0.15, 0.2) is 5.82 Å². The first-order valence-corrected chi connectivity index (χ1v) is 5.52. The van der Waals surface area contributed by atoms with E-state index in [1.807, 2.05) is 19.1 Å². The lowest BCUT2D eigenvalue weighted by Gasteiger charge is -1.99. The van der Waals surface area contributed by atoms with Crippen LogP contribution < -0.4 is 11.1 Å². The molecule has 0 saturated heterocycles. The van der Waals surface area contributed by atoms with Crippen molar-refractivity contribution in [2.24, 2.45) is 0 Å². The Morgan fingerprint density at radius 2 is 2.18 bits per heavy atom. The summed E-state index contributed by atoms with van der Waals surface area (Å²) in [7, 11) is 0. The number of anilines is 2. The van der Waals surface area contributed by atoms with Crippen LogP contribution in [0.1, 0.15) is 18.5 Å². The van der Waals surface area contributed by atoms with Gasteiger partial charge >= 0.3 is 0 Å². The minimum Gasteiger partial charge on any atom is -0.368 e. The van der Waals surface area contributed by atoms with E-state index in [0.29, 0.717) is 23.8 Å². The first-order valence-electron chi connectivity index (χ1n) is 5.52. The quantitative estimate of drug-likeness (QED) is 0.799. The van der Waals surface area contributed by atoms with Crippen LogP contribution in [0.4, 0.5) is 11.9 Å². The number of nitrogens with one attached hydrogen (secondary N) is 1. The Morgan fingerprint density at radius 3 is 2.82 bits per heavy atom. The van der Waals surface area contributed by atoms with Crippen molar-refractivity contribution in [2.75, 3.05) is 11.1 Å². The number of nitrogen functional groups attached to an aromatic ring is 1. The molecule has 0 radical (unpaired) electrons. The molecule has 88 valence electrons. The summed E-state index contributed by atoms with van der Waals surface area (Å²) in [5.41, 5.74) is 6.64. The fraction of sp³-hybridized carbons (Fsp3) is 0.400. The van der Waals surface area contributed by atoms with Crippen molar-refractivity contribution in [2.45, 2.75) is 25.8 Å². The molecule has 1 fully saturated rings. The van der Waals surface area contributed by atoms with Gasteiger partial charge in [-0.2, -0.15) is 14.8 Å². The van der Waals surface area contributed by atoms with Crippen LogP contribution in [0.5, 0.6) is 0 Å². The lowest BCUT2D eigenvalue weighted by atomic mass is 10.4. The van der Waals surface area contributed by atoms with Crippen molar-refractivity contribution < 1.29 is 0 Å². The highest BCUT2D eigenvalue weighted by Gasteiger charge is 2.23. The zero-order chi connectivity index (χ0) is 11.8. The highest BCUT2D eigenvalue weighted by atomic mass is 15.5. The summed E-state index contributed by atoms with van der Waals surface area (Å²) in [6.45, 7) is 1.88. The molecule has 3 N–H and O–H groups in total. The monoisotopic (exact) mass is 231 g/mol. The highest BCUT2D eigenvalue weighted by Crippen LogP contribution is 2.23. The maximum atomic E-state index is 5.79. The number of hydrogen-bond acceptors (Lipinski definition) is 6. The maximum Gasteiger partial charge on any atom is 0.244 e. The summed E-state index contributed by atoms with van der Waals surface area (Å²) in [5, 5.41) is 15.4. The lowest BCUT2D eigenvalue weighted by Crippen LogP contribution is -2.06. The average molecular weight is 231 g/mol. The molecule has 1 saturated carbocycles. The molecule has 2 heterocycles. The Kier molecular flexibility index (Phi) is 2.17. The molecule has 0 atom stereocenters. The minimum atomic E-state index is 0.311. The average Bonchev–Trinajstić information content (AvgIpc) is 3.03. The molecular weight excluding hydrogens is 218 g/mol. The van der Waals surface area contributed by atoms with Gasteiger partial charge in [0.1, 0.15) is 0 Å². The van der Waals surface area contributed by atoms with Crippen molar-refractivity contribution in [3.63, 3.8) is 0 Å². The zero-order valence-corrected chi connectivity index (χ0v) is 9.46. The molecule has 0 unspecified atom stereocenters. The molecule has 3 rings (SSSR count). The van der Waals surface area contributed by atoms with Crippen LogP contribution in [0.3, 0.4) is 0 Å². The molecule has 0 aromatic carbocycles. The summed E-state index contributed by atoms with van der Waals surface area (Å²) in [4.78, 5) is 4.14. The second kappa shape index (κ2) is 3.69. The van der Waals surface area contributed by atoms with Crippen LogP contribution in [-0.4, -0.2) is 31.0 Å². The molecule has 2 aromatic heterocycles. The van der Waals surface area contributed by atoms with Gasteiger partial charge in [0.2, 0.25) is 11.9 Å². The van der Waals surface area contributed by atoms with E-state index in [1.54, 1.807) is 0 Å². The summed E-state index contributed by atoms with van der Waals surface area (Å²) in [5.74, 6) is 1.43. The molecule has 0 amide bonds. The first kappa shape index (κ1) is 10.0. The van der Waals surface area contributed by atoms with E-state index in [1.165, 1.54) is 17.5 Å². The number of rotatable bonds is 3. The van der Waals surface area contributed by atoms with Crippen LogP contribution in [0.25, 0.3) is 5.82 Å². The number of hydrogen-bond donors (Lipinski definition) is 2. The number of aryl methyl sites for hydroxylation is 1. The predicted octanol–water partition coefficient (Wildman–Crippen LogP) is 0.522. The summed E-state index contributed by atoms with van der Waals surface area (Å²) in [6, 6.07) is 4.17. The van der Waals surface area contributed by atoms with Gasteiger partial charge in [-0.25, -0.2) is 0 Å². The molecule has 0 aliphatic heterocycles. The van der Waals surface area contributed by atoms with Crippen LogP contribution >= 0.6 is 0 Å². The van der Waals surface area contributed by atoms with Gasteiger partial charge in [-0.15, -0.1) is 10.2 Å². The Morgan fingerprint density at radius 1 is 1.35 bits per heavy atom. The van der Waals surface area contributed by atoms with Gasteiger partial charge in [-0.3, -0.25) is 0 Å². The predicted molar refractivity (Wildman–Crippen MR) is 62.7 cm³/mol. The molecule has 7 heteroatoms. The zero-order valence-electron chi connectivity index (χ0n) is 9.46. The van der Waals surface area contributed by atoms with Crippen LogP contribution in [0.15, 0.2) is 12.1 Å². The number of nitrogens with two attached hydrogens (primary N) is 1. The van der Waals surface area contributed by atoms with Gasteiger partial charge < -0.3 is 11.1 Å². The molecular formula is C10H13N7. The third-order valence-electron chi connectivity index (χ3n) is 2.54. The third kappa shape index (κ3) is 2.03. The van der Waals surface area contributed by atoms with Crippen molar-refractivity contribution in [1.82, 2.24) is 25.0 Å². The molecule has 2 aromatic rings. The van der Waals surface area contributed by atoms with E-state index in [9.17, 15) is 0 Å². The fourth-order valence-electron chi connectivity index (χ4n) is 1.47. The lowest BCUT2D eigenvalue weighted by molar-refractivity contribution is 0.813. The van der Waals surface area contributed by atoms with Crippen LogP contribution in [0.2, 0.25) is 0 Å². The topological polar surface area (TPSA) is 94.5 Å². The largest absolute Gasteiger partial charge is 0.368 e. The van der Waals surface area contributed by atoms with Gasteiger partial charge in [0, 0.05) is 6.04 Å².